The lowest BCUT2D eigenvalue weighted by molar-refractivity contribution is -0.129. The second kappa shape index (κ2) is 9.14. The third-order valence-electron chi connectivity index (χ3n) is 4.50. The molecule has 0 N–H and O–H groups in total. The van der Waals surface area contributed by atoms with Crippen LogP contribution >= 0.6 is 15.9 Å². The lowest BCUT2D eigenvalue weighted by Gasteiger charge is -2.11. The second-order valence-corrected chi connectivity index (χ2v) is 7.50. The number of hydrogen-bond donors (Lipinski definition) is 0. The minimum Gasteiger partial charge on any atom is -0.493 e. The van der Waals surface area contributed by atoms with Crippen molar-refractivity contribution in [1.82, 2.24) is 0 Å². The summed E-state index contributed by atoms with van der Waals surface area (Å²) < 4.78 is 30.6. The van der Waals surface area contributed by atoms with E-state index in [1.54, 1.807) is 36.4 Å². The van der Waals surface area contributed by atoms with E-state index >= 15 is 0 Å². The van der Waals surface area contributed by atoms with Crippen LogP contribution < -0.4 is 9.47 Å². The van der Waals surface area contributed by atoms with Crippen molar-refractivity contribution >= 4 is 33.9 Å². The molecule has 0 atom stereocenters. The Morgan fingerprint density at radius 3 is 2.68 bits per heavy atom. The van der Waals surface area contributed by atoms with E-state index in [0.29, 0.717) is 28.2 Å². The quantitative estimate of drug-likeness (QED) is 0.343. The monoisotopic (exact) mass is 481 g/mol. The molecule has 0 bridgehead atoms. The van der Waals surface area contributed by atoms with E-state index in [-0.39, 0.29) is 24.0 Å². The van der Waals surface area contributed by atoms with Gasteiger partial charge in [-0.05, 0) is 69.5 Å². The summed E-state index contributed by atoms with van der Waals surface area (Å²) in [6, 6.07) is 18.8. The highest BCUT2D eigenvalue weighted by Crippen LogP contribution is 2.31. The van der Waals surface area contributed by atoms with Crippen LogP contribution in [-0.2, 0) is 16.1 Å². The van der Waals surface area contributed by atoms with Crippen LogP contribution in [0.15, 0.2) is 81.9 Å². The highest BCUT2D eigenvalue weighted by molar-refractivity contribution is 9.10. The van der Waals surface area contributed by atoms with Gasteiger partial charge in [-0.2, -0.15) is 0 Å². The molecule has 7 heteroatoms. The summed E-state index contributed by atoms with van der Waals surface area (Å²) in [7, 11) is 1.52. The van der Waals surface area contributed by atoms with Gasteiger partial charge in [0.15, 0.2) is 17.2 Å². The van der Waals surface area contributed by atoms with E-state index < -0.39 is 5.97 Å². The summed E-state index contributed by atoms with van der Waals surface area (Å²) in [4.78, 5) is 16.6. The zero-order chi connectivity index (χ0) is 21.8. The number of rotatable bonds is 6. The largest absolute Gasteiger partial charge is 0.493 e. The SMILES string of the molecule is COc1cc(/C=C2\N=C(c3ccccc3Br)OC2=O)ccc1OCc1cccc(F)c1. The number of benzene rings is 3. The molecule has 1 aliphatic heterocycles. The van der Waals surface area contributed by atoms with Gasteiger partial charge >= 0.3 is 5.97 Å². The number of carbonyl (C=O) groups excluding carboxylic acids is 1. The van der Waals surface area contributed by atoms with Gasteiger partial charge in [0.05, 0.1) is 12.7 Å². The van der Waals surface area contributed by atoms with Crippen LogP contribution in [-0.4, -0.2) is 19.0 Å². The molecular formula is C24H17BrFNO4. The molecule has 1 heterocycles. The fourth-order valence-electron chi connectivity index (χ4n) is 3.00. The maximum Gasteiger partial charge on any atom is 0.363 e. The zero-order valence-corrected chi connectivity index (χ0v) is 18.1. The number of halogens is 2. The summed E-state index contributed by atoms with van der Waals surface area (Å²) in [5, 5.41) is 0. The maximum atomic E-state index is 13.3. The summed E-state index contributed by atoms with van der Waals surface area (Å²) >= 11 is 3.43. The lowest BCUT2D eigenvalue weighted by Crippen LogP contribution is -2.05. The maximum absolute atomic E-state index is 13.3. The van der Waals surface area contributed by atoms with Gasteiger partial charge in [0.1, 0.15) is 12.4 Å². The fourth-order valence-corrected chi connectivity index (χ4v) is 3.45. The van der Waals surface area contributed by atoms with E-state index in [4.69, 9.17) is 14.2 Å². The molecule has 0 aromatic heterocycles. The first-order valence-corrected chi connectivity index (χ1v) is 10.2. The van der Waals surface area contributed by atoms with Gasteiger partial charge in [0, 0.05) is 4.47 Å². The zero-order valence-electron chi connectivity index (χ0n) is 16.5. The highest BCUT2D eigenvalue weighted by Gasteiger charge is 2.25. The normalized spacial score (nSPS) is 14.4. The number of methoxy groups -OCH3 is 1. The molecule has 156 valence electrons. The number of cyclic esters (lactones) is 1. The molecule has 0 spiro atoms. The van der Waals surface area contributed by atoms with Crippen molar-refractivity contribution in [2.45, 2.75) is 6.61 Å². The molecule has 0 aliphatic carbocycles. The van der Waals surface area contributed by atoms with Gasteiger partial charge in [-0.15, -0.1) is 0 Å². The van der Waals surface area contributed by atoms with Gasteiger partial charge in [-0.3, -0.25) is 0 Å². The standard InChI is InChI=1S/C24H17BrFNO4/c1-29-22-13-15(9-10-21(22)30-14-16-5-4-6-17(26)11-16)12-20-24(28)31-23(27-20)18-7-2-3-8-19(18)25/h2-13H,14H2,1H3/b20-12-. The van der Waals surface area contributed by atoms with Crippen molar-refractivity contribution in [2.75, 3.05) is 7.11 Å². The van der Waals surface area contributed by atoms with Crippen LogP contribution in [0.3, 0.4) is 0 Å². The molecule has 0 radical (unpaired) electrons. The van der Waals surface area contributed by atoms with Crippen molar-refractivity contribution in [3.05, 3.63) is 99.4 Å². The Labute approximate surface area is 186 Å². The van der Waals surface area contributed by atoms with Gasteiger partial charge in [-0.1, -0.05) is 30.3 Å². The molecule has 0 saturated heterocycles. The first-order chi connectivity index (χ1) is 15.0. The molecule has 4 rings (SSSR count). The number of carbonyl (C=O) groups is 1. The van der Waals surface area contributed by atoms with E-state index in [9.17, 15) is 9.18 Å². The van der Waals surface area contributed by atoms with Crippen molar-refractivity contribution in [3.8, 4) is 11.5 Å². The average molecular weight is 482 g/mol. The van der Waals surface area contributed by atoms with Crippen molar-refractivity contribution < 1.29 is 23.4 Å². The molecule has 5 nitrogen and oxygen atoms in total. The average Bonchev–Trinajstić information content (AvgIpc) is 3.13. The molecule has 3 aromatic rings. The highest BCUT2D eigenvalue weighted by atomic mass is 79.9. The number of esters is 1. The van der Waals surface area contributed by atoms with Crippen molar-refractivity contribution in [2.24, 2.45) is 4.99 Å². The molecule has 1 aliphatic rings. The van der Waals surface area contributed by atoms with E-state index in [0.717, 1.165) is 4.47 Å². The van der Waals surface area contributed by atoms with Crippen LogP contribution in [0.4, 0.5) is 4.39 Å². The summed E-state index contributed by atoms with van der Waals surface area (Å²) in [5.74, 6) is 0.371. The Balaban J connectivity index is 1.55. The number of nitrogens with zero attached hydrogens (tertiary/aromatic N) is 1. The van der Waals surface area contributed by atoms with E-state index in [2.05, 4.69) is 20.9 Å². The van der Waals surface area contributed by atoms with Gasteiger partial charge in [-0.25, -0.2) is 14.2 Å². The molecule has 0 unspecified atom stereocenters. The third kappa shape index (κ3) is 4.83. The Morgan fingerprint density at radius 1 is 1.06 bits per heavy atom. The fraction of sp³-hybridized carbons (Fsp3) is 0.0833. The molecule has 31 heavy (non-hydrogen) atoms. The Bertz CT molecular complexity index is 1210. The predicted molar refractivity (Wildman–Crippen MR) is 118 cm³/mol. The summed E-state index contributed by atoms with van der Waals surface area (Å²) in [5.41, 5.74) is 2.27. The number of aliphatic imine (C=N–C) groups is 1. The van der Waals surface area contributed by atoms with E-state index in [1.165, 1.54) is 19.2 Å². The Hall–Kier alpha value is -3.45. The Kier molecular flexibility index (Phi) is 6.13. The van der Waals surface area contributed by atoms with Crippen LogP contribution in [0.25, 0.3) is 6.08 Å². The molecular weight excluding hydrogens is 465 g/mol. The lowest BCUT2D eigenvalue weighted by atomic mass is 10.1. The first kappa shape index (κ1) is 20.8. The predicted octanol–water partition coefficient (Wildman–Crippen LogP) is 5.52. The van der Waals surface area contributed by atoms with Crippen LogP contribution in [0, 0.1) is 5.82 Å². The number of hydrogen-bond acceptors (Lipinski definition) is 5. The van der Waals surface area contributed by atoms with Crippen LogP contribution in [0.5, 0.6) is 11.5 Å². The van der Waals surface area contributed by atoms with Crippen molar-refractivity contribution in [3.63, 3.8) is 0 Å². The van der Waals surface area contributed by atoms with Gasteiger partial charge in [0.25, 0.3) is 0 Å². The van der Waals surface area contributed by atoms with Crippen LogP contribution in [0.2, 0.25) is 0 Å². The summed E-state index contributed by atoms with van der Waals surface area (Å²) in [6.07, 6.45) is 1.62. The Morgan fingerprint density at radius 2 is 1.90 bits per heavy atom. The third-order valence-corrected chi connectivity index (χ3v) is 5.19. The molecule has 3 aromatic carbocycles. The first-order valence-electron chi connectivity index (χ1n) is 9.36. The van der Waals surface area contributed by atoms with Gasteiger partial charge < -0.3 is 14.2 Å². The second-order valence-electron chi connectivity index (χ2n) is 6.64. The topological polar surface area (TPSA) is 57.1 Å². The summed E-state index contributed by atoms with van der Waals surface area (Å²) in [6.45, 7) is 0.195. The minimum absolute atomic E-state index is 0.182. The van der Waals surface area contributed by atoms with Crippen molar-refractivity contribution in [1.29, 1.82) is 0 Å². The number of ether oxygens (including phenoxy) is 3. The van der Waals surface area contributed by atoms with Crippen LogP contribution in [0.1, 0.15) is 16.7 Å². The van der Waals surface area contributed by atoms with Gasteiger partial charge in [0.2, 0.25) is 5.90 Å². The molecule has 0 saturated carbocycles. The molecule has 0 amide bonds. The molecule has 0 fully saturated rings. The van der Waals surface area contributed by atoms with E-state index in [1.807, 2.05) is 24.3 Å². The smallest absolute Gasteiger partial charge is 0.363 e. The minimum atomic E-state index is -0.531.